The zero-order chi connectivity index (χ0) is 65.2. The molecule has 0 aliphatic carbocycles. The molecule has 2 aromatic heterocycles. The predicted octanol–water partition coefficient (Wildman–Crippen LogP) is 8.61. The van der Waals surface area contributed by atoms with Gasteiger partial charge in [0.05, 0.1) is 62.5 Å². The van der Waals surface area contributed by atoms with Crippen LogP contribution in [0.4, 0.5) is 92.3 Å². The number of nitrogens with two attached hydrogens (primary N) is 2. The zero-order valence-electron chi connectivity index (χ0n) is 44.1. The number of benzene rings is 6. The van der Waals surface area contributed by atoms with Gasteiger partial charge in [0.1, 0.15) is 32.5 Å². The lowest BCUT2D eigenvalue weighted by Gasteiger charge is -2.13. The molecule has 0 saturated carbocycles. The molecule has 8 rings (SSSR count). The number of nitrogens with zero attached hydrogens (tertiary/aromatic N) is 10. The van der Waals surface area contributed by atoms with Gasteiger partial charge >= 0.3 is 10.4 Å². The summed E-state index contributed by atoms with van der Waals surface area (Å²) in [6, 6.07) is 23.9. The van der Waals surface area contributed by atoms with Crippen LogP contribution in [-0.2, 0) is 73.5 Å². The summed E-state index contributed by atoms with van der Waals surface area (Å²) in [5, 5.41) is 54.9. The number of anilines is 12. The molecule has 0 aliphatic heterocycles. The summed E-state index contributed by atoms with van der Waals surface area (Å²) in [5.41, 5.74) is 9.79. The molecule has 0 spiro atoms. The Bertz CT molecular complexity index is 4690. The Balaban J connectivity index is 1.09. The van der Waals surface area contributed by atoms with E-state index in [0.29, 0.717) is 40.7 Å². The van der Waals surface area contributed by atoms with Crippen LogP contribution in [0.5, 0.6) is 0 Å². The van der Waals surface area contributed by atoms with Crippen molar-refractivity contribution in [2.24, 2.45) is 20.5 Å². The van der Waals surface area contributed by atoms with Crippen molar-refractivity contribution in [1.82, 2.24) is 29.9 Å². The molecule has 2 heterocycles. The van der Waals surface area contributed by atoms with Crippen LogP contribution in [0.3, 0.4) is 0 Å². The van der Waals surface area contributed by atoms with Gasteiger partial charge in [0, 0.05) is 33.3 Å². The molecular formula is C44H38ClN17O21S7. The van der Waals surface area contributed by atoms with Gasteiger partial charge in [-0.25, -0.2) is 23.1 Å². The van der Waals surface area contributed by atoms with E-state index in [1.165, 1.54) is 42.5 Å². The summed E-state index contributed by atoms with van der Waals surface area (Å²) in [4.78, 5) is 23.0. The van der Waals surface area contributed by atoms with Crippen molar-refractivity contribution in [2.75, 3.05) is 50.4 Å². The van der Waals surface area contributed by atoms with E-state index in [2.05, 4.69) is 99.9 Å². The largest absolute Gasteiger partial charge is 0.397 e. The minimum absolute atomic E-state index is 0.0141. The van der Waals surface area contributed by atoms with E-state index in [1.807, 2.05) is 0 Å². The first kappa shape index (κ1) is 67.4. The van der Waals surface area contributed by atoms with Crippen LogP contribution in [0.15, 0.2) is 165 Å². The van der Waals surface area contributed by atoms with Crippen LogP contribution in [0.25, 0.3) is 0 Å². The summed E-state index contributed by atoms with van der Waals surface area (Å²) in [7, 11) is -24.0. The molecule has 38 nitrogen and oxygen atoms in total. The van der Waals surface area contributed by atoms with E-state index in [-0.39, 0.29) is 68.0 Å². The number of hydrogen-bond donors (Lipinski definition) is 13. The fourth-order valence-electron chi connectivity index (χ4n) is 7.14. The first-order chi connectivity index (χ1) is 42.4. The molecule has 90 heavy (non-hydrogen) atoms. The first-order valence-electron chi connectivity index (χ1n) is 23.7. The number of halogens is 1. The lowest BCUT2D eigenvalue weighted by molar-refractivity contribution is -0.432. The molecule has 0 atom stereocenters. The number of sulfone groups is 1. The van der Waals surface area contributed by atoms with Gasteiger partial charge in [-0.15, -0.1) is 29.1 Å². The molecule has 0 amide bonds. The highest BCUT2D eigenvalue weighted by atomic mass is 35.5. The van der Waals surface area contributed by atoms with Crippen molar-refractivity contribution < 1.29 is 93.7 Å². The topological polar surface area (TPSA) is 577 Å². The lowest BCUT2D eigenvalue weighted by atomic mass is 10.2. The van der Waals surface area contributed by atoms with E-state index >= 15 is 0 Å². The van der Waals surface area contributed by atoms with Crippen LogP contribution in [0, 0.1) is 0 Å². The highest BCUT2D eigenvalue weighted by molar-refractivity contribution is 7.95. The van der Waals surface area contributed by atoms with Crippen molar-refractivity contribution in [2.45, 2.75) is 29.4 Å². The minimum Gasteiger partial charge on any atom is -0.396 e. The maximum Gasteiger partial charge on any atom is 0.397 e. The fraction of sp³-hybridized carbons (Fsp3) is 0.0455. The Labute approximate surface area is 519 Å². The number of hydrogen-bond acceptors (Lipinski definition) is 36. The Morgan fingerprint density at radius 3 is 1.53 bits per heavy atom. The molecule has 0 unspecified atom stereocenters. The van der Waals surface area contributed by atoms with Gasteiger partial charge in [0.15, 0.2) is 9.84 Å². The van der Waals surface area contributed by atoms with Gasteiger partial charge in [-0.1, -0.05) is 22.2 Å². The van der Waals surface area contributed by atoms with Crippen LogP contribution < -0.4 is 38.1 Å². The normalized spacial score (nSPS) is 12.3. The van der Waals surface area contributed by atoms with E-state index in [1.54, 1.807) is 24.3 Å². The number of azo groups is 2. The molecule has 474 valence electrons. The second-order valence-corrected chi connectivity index (χ2v) is 26.3. The molecule has 0 aliphatic rings. The molecule has 0 radical (unpaired) electrons. The molecule has 46 heteroatoms. The molecule has 15 N–H and O–H groups in total. The highest BCUT2D eigenvalue weighted by Crippen LogP contribution is 2.45. The monoisotopic (exact) mass is 1400 g/mol. The Kier molecular flexibility index (Phi) is 21.3. The van der Waals surface area contributed by atoms with Gasteiger partial charge in [-0.3, -0.25) is 18.2 Å². The van der Waals surface area contributed by atoms with E-state index in [9.17, 15) is 55.7 Å². The first-order valence-corrected chi connectivity index (χ1v) is 32.9. The lowest BCUT2D eigenvalue weighted by Crippen LogP contribution is -2.15. The van der Waals surface area contributed by atoms with E-state index in [4.69, 9.17) is 38.1 Å². The predicted molar refractivity (Wildman–Crippen MR) is 317 cm³/mol. The summed E-state index contributed by atoms with van der Waals surface area (Å²) < 4.78 is 174. The third kappa shape index (κ3) is 18.8. The van der Waals surface area contributed by atoms with Crippen molar-refractivity contribution in [1.29, 1.82) is 0 Å². The van der Waals surface area contributed by atoms with E-state index in [0.717, 1.165) is 42.5 Å². The second kappa shape index (κ2) is 28.5. The average Bonchev–Trinajstić information content (AvgIpc) is 1.05. The summed E-state index contributed by atoms with van der Waals surface area (Å²) in [6.45, 7) is -0.861. The molecule has 0 saturated heterocycles. The second-order valence-electron chi connectivity index (χ2n) is 17.0. The fourth-order valence-corrected chi connectivity index (χ4v) is 11.4. The quantitative estimate of drug-likeness (QED) is 0.00544. The van der Waals surface area contributed by atoms with E-state index < -0.39 is 111 Å². The SMILES string of the molecule is Nc1c(N=Nc2cc(Nc3nc(Cl)nc(Nc4ccc(S(=O)(=O)CCOS(=O)(=O)O)cc4)n3)ccc2S(=O)(=O)O)cc(S(=O)(=O)O)c(N)c1N=Nc1cc(Nc2nc(Nc3cccc(SOOO)c3)nc(Nc3cccc(S(=O)(=O)O)c3)n2)ccc1SOOO. The molecule has 6 aromatic carbocycles. The van der Waals surface area contributed by atoms with Crippen molar-refractivity contribution >= 4 is 179 Å². The van der Waals surface area contributed by atoms with Gasteiger partial charge < -0.3 is 38.1 Å². The average molecular weight is 1400 g/mol. The number of aromatic nitrogens is 6. The minimum atomic E-state index is -5.28. The third-order valence-corrected chi connectivity index (χ3v) is 17.1. The van der Waals surface area contributed by atoms with Crippen molar-refractivity contribution in [3.05, 3.63) is 121 Å². The van der Waals surface area contributed by atoms with Crippen LogP contribution in [-0.4, -0.2) is 113 Å². The zero-order valence-corrected chi connectivity index (χ0v) is 50.5. The smallest absolute Gasteiger partial charge is 0.396 e. The molecule has 0 bridgehead atoms. The third-order valence-electron chi connectivity index (χ3n) is 10.9. The maximum absolute atomic E-state index is 12.8. The van der Waals surface area contributed by atoms with Gasteiger partial charge in [-0.05, 0) is 115 Å². The van der Waals surface area contributed by atoms with Crippen LogP contribution in [0.2, 0.25) is 5.28 Å². The standard InChI is InChI=1S/C44H38ClN17O21S7/c45-39-53-40(48-22-7-11-28(12-8-22)86(65,66)16-15-79-90(76,77)78)55-41(54-39)51-26-10-14-34(88(70,71)72)31(20-26)60-61-32-21-35(89(73,74)75)37(47)38(36(32)46)62-59-30-19-25(9-13-33(30)85-83-81-64)52-44-57-42(49-23-3-1-5-27(17-23)84-82-80-63)56-43(58-44)50-24-4-2-6-29(18-24)87(67,68)69/h1-14,17-21,63-64H,15-16,46-47H2,(H,67,68,69)(H,70,71,72)(H,73,74,75)(H,76,77,78)(H2,48,51,53,54,55)(H3,49,50,52,56,57,58). The highest BCUT2D eigenvalue weighted by Gasteiger charge is 2.25. The summed E-state index contributed by atoms with van der Waals surface area (Å²) >= 11 is 7.19. The maximum atomic E-state index is 12.8. The Morgan fingerprint density at radius 2 is 0.967 bits per heavy atom. The molecule has 0 fully saturated rings. The van der Waals surface area contributed by atoms with Crippen LogP contribution >= 0.6 is 35.7 Å². The van der Waals surface area contributed by atoms with Gasteiger partial charge in [0.25, 0.3) is 30.4 Å². The Hall–Kier alpha value is -8.56. The molecule has 8 aromatic rings. The van der Waals surface area contributed by atoms with Crippen molar-refractivity contribution in [3.63, 3.8) is 0 Å². The van der Waals surface area contributed by atoms with Gasteiger partial charge in [-0.2, -0.15) is 63.6 Å². The van der Waals surface area contributed by atoms with Gasteiger partial charge in [0.2, 0.25) is 35.0 Å². The summed E-state index contributed by atoms with van der Waals surface area (Å²) in [6.07, 6.45) is 0. The summed E-state index contributed by atoms with van der Waals surface area (Å²) in [5.74, 6) is -1.87. The van der Waals surface area contributed by atoms with Crippen LogP contribution in [0.1, 0.15) is 0 Å². The number of nitrogen functional groups attached to an aromatic ring is 2. The molecular weight excluding hydrogens is 1360 g/mol. The van der Waals surface area contributed by atoms with Crippen molar-refractivity contribution in [3.8, 4) is 0 Å². The Morgan fingerprint density at radius 1 is 0.478 bits per heavy atom. The number of nitrogens with one attached hydrogen (secondary N) is 5. The number of rotatable bonds is 28.